The van der Waals surface area contributed by atoms with Crippen LogP contribution < -0.4 is 0 Å². The highest BCUT2D eigenvalue weighted by atomic mass is 16.6. The SMILES string of the molecule is CC(C)(C)COC(=O)c1cc(C(=O)O)ccc1C(=O)OC(=O)CCCCC(=O)O. The van der Waals surface area contributed by atoms with Crippen LogP contribution in [-0.4, -0.2) is 46.7 Å². The molecule has 158 valence electrons. The fourth-order valence-electron chi connectivity index (χ4n) is 2.14. The molecule has 9 nitrogen and oxygen atoms in total. The molecule has 1 aromatic carbocycles. The lowest BCUT2D eigenvalue weighted by Crippen LogP contribution is -2.21. The van der Waals surface area contributed by atoms with Gasteiger partial charge in [0.05, 0.1) is 23.3 Å². The second kappa shape index (κ2) is 10.4. The van der Waals surface area contributed by atoms with Gasteiger partial charge in [-0.05, 0) is 36.5 Å². The van der Waals surface area contributed by atoms with Crippen LogP contribution in [0.1, 0.15) is 77.5 Å². The Bertz CT molecular complexity index is 803. The Hall–Kier alpha value is -3.23. The molecule has 2 N–H and O–H groups in total. The summed E-state index contributed by atoms with van der Waals surface area (Å²) in [5.74, 6) is -5.20. The molecular formula is C20H24O9. The van der Waals surface area contributed by atoms with Crippen LogP contribution in [0.25, 0.3) is 0 Å². The van der Waals surface area contributed by atoms with Crippen LogP contribution in [0.4, 0.5) is 0 Å². The normalized spacial score (nSPS) is 10.9. The van der Waals surface area contributed by atoms with E-state index in [1.54, 1.807) is 0 Å². The molecule has 0 amide bonds. The number of esters is 3. The van der Waals surface area contributed by atoms with Gasteiger partial charge in [0.2, 0.25) is 0 Å². The number of carboxylic acid groups (broad SMARTS) is 2. The average molecular weight is 408 g/mol. The van der Waals surface area contributed by atoms with Gasteiger partial charge in [-0.3, -0.25) is 9.59 Å². The fourth-order valence-corrected chi connectivity index (χ4v) is 2.14. The first-order valence-electron chi connectivity index (χ1n) is 8.92. The van der Waals surface area contributed by atoms with Gasteiger partial charge in [0, 0.05) is 12.8 Å². The lowest BCUT2D eigenvalue weighted by molar-refractivity contribution is -0.139. The predicted molar refractivity (Wildman–Crippen MR) is 99.7 cm³/mol. The van der Waals surface area contributed by atoms with E-state index >= 15 is 0 Å². The average Bonchev–Trinajstić information content (AvgIpc) is 2.61. The molecule has 9 heteroatoms. The maximum Gasteiger partial charge on any atom is 0.346 e. The first-order valence-corrected chi connectivity index (χ1v) is 8.92. The lowest BCUT2D eigenvalue weighted by Gasteiger charge is -2.18. The third-order valence-corrected chi connectivity index (χ3v) is 3.57. The number of carboxylic acids is 2. The van der Waals surface area contributed by atoms with Crippen molar-refractivity contribution in [1.82, 2.24) is 0 Å². The van der Waals surface area contributed by atoms with Crippen molar-refractivity contribution in [2.45, 2.75) is 46.5 Å². The van der Waals surface area contributed by atoms with E-state index in [4.69, 9.17) is 19.7 Å². The van der Waals surface area contributed by atoms with Crippen LogP contribution >= 0.6 is 0 Å². The summed E-state index contributed by atoms with van der Waals surface area (Å²) in [6.07, 6.45) is 0.185. The summed E-state index contributed by atoms with van der Waals surface area (Å²) in [5, 5.41) is 17.7. The maximum atomic E-state index is 12.4. The van der Waals surface area contributed by atoms with E-state index in [0.717, 1.165) is 18.2 Å². The molecular weight excluding hydrogens is 384 g/mol. The van der Waals surface area contributed by atoms with Crippen LogP contribution in [0, 0.1) is 5.41 Å². The Kier molecular flexibility index (Phi) is 8.50. The topological polar surface area (TPSA) is 144 Å². The molecule has 0 saturated carbocycles. The highest BCUT2D eigenvalue weighted by Gasteiger charge is 2.24. The second-order valence-corrected chi connectivity index (χ2v) is 7.56. The van der Waals surface area contributed by atoms with Crippen LogP contribution in [0.3, 0.4) is 0 Å². The number of aromatic carboxylic acids is 1. The summed E-state index contributed by atoms with van der Waals surface area (Å²) < 4.78 is 9.84. The zero-order chi connectivity index (χ0) is 22.2. The molecule has 1 rings (SSSR count). The maximum absolute atomic E-state index is 12.4. The molecule has 0 aliphatic carbocycles. The molecule has 0 aromatic heterocycles. The highest BCUT2D eigenvalue weighted by molar-refractivity contribution is 6.07. The van der Waals surface area contributed by atoms with Crippen molar-refractivity contribution in [2.75, 3.05) is 6.61 Å². The van der Waals surface area contributed by atoms with Gasteiger partial charge in [0.1, 0.15) is 0 Å². The van der Waals surface area contributed by atoms with Gasteiger partial charge in [-0.25, -0.2) is 14.4 Å². The molecule has 29 heavy (non-hydrogen) atoms. The molecule has 0 radical (unpaired) electrons. The van der Waals surface area contributed by atoms with E-state index in [-0.39, 0.29) is 54.4 Å². The number of hydrogen-bond acceptors (Lipinski definition) is 7. The lowest BCUT2D eigenvalue weighted by atomic mass is 9.98. The van der Waals surface area contributed by atoms with Crippen LogP contribution in [0.15, 0.2) is 18.2 Å². The Labute approximate surface area is 167 Å². The molecule has 0 saturated heterocycles. The molecule has 0 heterocycles. The van der Waals surface area contributed by atoms with Gasteiger partial charge in [-0.15, -0.1) is 0 Å². The predicted octanol–water partition coefficient (Wildman–Crippen LogP) is 2.92. The van der Waals surface area contributed by atoms with Crippen molar-refractivity contribution in [3.63, 3.8) is 0 Å². The molecule has 0 bridgehead atoms. The Morgan fingerprint density at radius 3 is 2.07 bits per heavy atom. The summed E-state index contributed by atoms with van der Waals surface area (Å²) in [6.45, 7) is 5.50. The summed E-state index contributed by atoms with van der Waals surface area (Å²) in [6, 6.07) is 3.18. The van der Waals surface area contributed by atoms with Crippen LogP contribution in [0.2, 0.25) is 0 Å². The van der Waals surface area contributed by atoms with Crippen LogP contribution in [-0.2, 0) is 19.1 Å². The third kappa shape index (κ3) is 8.54. The van der Waals surface area contributed by atoms with Crippen molar-refractivity contribution >= 4 is 29.8 Å². The zero-order valence-electron chi connectivity index (χ0n) is 16.5. The summed E-state index contributed by atoms with van der Waals surface area (Å²) in [7, 11) is 0. The van der Waals surface area contributed by atoms with E-state index in [2.05, 4.69) is 0 Å². The highest BCUT2D eigenvalue weighted by Crippen LogP contribution is 2.19. The third-order valence-electron chi connectivity index (χ3n) is 3.57. The minimum absolute atomic E-state index is 0.0279. The number of rotatable bonds is 9. The van der Waals surface area contributed by atoms with E-state index in [1.165, 1.54) is 0 Å². The van der Waals surface area contributed by atoms with Crippen molar-refractivity contribution in [2.24, 2.45) is 5.41 Å². The van der Waals surface area contributed by atoms with E-state index in [9.17, 15) is 24.0 Å². The monoisotopic (exact) mass is 408 g/mol. The molecule has 0 spiro atoms. The van der Waals surface area contributed by atoms with Gasteiger partial charge in [-0.1, -0.05) is 20.8 Å². The van der Waals surface area contributed by atoms with Gasteiger partial charge in [0.15, 0.2) is 0 Å². The largest absolute Gasteiger partial charge is 0.481 e. The van der Waals surface area contributed by atoms with Crippen molar-refractivity contribution in [3.8, 4) is 0 Å². The Morgan fingerprint density at radius 1 is 0.897 bits per heavy atom. The Morgan fingerprint density at radius 2 is 1.52 bits per heavy atom. The first-order chi connectivity index (χ1) is 13.4. The molecule has 0 fully saturated rings. The van der Waals surface area contributed by atoms with Gasteiger partial charge < -0.3 is 19.7 Å². The smallest absolute Gasteiger partial charge is 0.346 e. The van der Waals surface area contributed by atoms with Crippen LogP contribution in [0.5, 0.6) is 0 Å². The number of hydrogen-bond donors (Lipinski definition) is 2. The molecule has 0 unspecified atom stereocenters. The molecule has 1 aromatic rings. The van der Waals surface area contributed by atoms with Crippen molar-refractivity contribution < 1.29 is 43.7 Å². The first kappa shape index (κ1) is 23.8. The summed E-state index contributed by atoms with van der Waals surface area (Å²) >= 11 is 0. The minimum atomic E-state index is -1.30. The zero-order valence-corrected chi connectivity index (χ0v) is 16.5. The van der Waals surface area contributed by atoms with E-state index in [1.807, 2.05) is 20.8 Å². The van der Waals surface area contributed by atoms with E-state index < -0.39 is 29.8 Å². The number of aliphatic carboxylic acids is 1. The molecule has 0 aliphatic heterocycles. The number of benzene rings is 1. The number of ether oxygens (including phenoxy) is 2. The quantitative estimate of drug-likeness (QED) is 0.358. The Balaban J connectivity index is 2.93. The van der Waals surface area contributed by atoms with E-state index in [0.29, 0.717) is 0 Å². The van der Waals surface area contributed by atoms with Crippen molar-refractivity contribution in [3.05, 3.63) is 34.9 Å². The number of carbonyl (C=O) groups is 5. The van der Waals surface area contributed by atoms with Gasteiger partial charge in [0.25, 0.3) is 0 Å². The summed E-state index contributed by atoms with van der Waals surface area (Å²) in [4.78, 5) is 58.1. The molecule has 0 atom stereocenters. The molecule has 0 aliphatic rings. The van der Waals surface area contributed by atoms with Gasteiger partial charge in [-0.2, -0.15) is 0 Å². The van der Waals surface area contributed by atoms with Crippen molar-refractivity contribution in [1.29, 1.82) is 0 Å². The minimum Gasteiger partial charge on any atom is -0.481 e. The second-order valence-electron chi connectivity index (χ2n) is 7.56. The fraction of sp³-hybridized carbons (Fsp3) is 0.450. The summed E-state index contributed by atoms with van der Waals surface area (Å²) in [5.41, 5.74) is -1.21. The standard InChI is InChI=1S/C20H24O9/c1-20(2,3)11-28-18(26)14-10-12(17(24)25)8-9-13(14)19(27)29-16(23)7-5-4-6-15(21)22/h8-10H,4-7,11H2,1-3H3,(H,21,22)(H,24,25). The van der Waals surface area contributed by atoms with Gasteiger partial charge >= 0.3 is 29.8 Å². The number of unbranched alkanes of at least 4 members (excludes halogenated alkanes) is 1. The number of carbonyl (C=O) groups excluding carboxylic acids is 3.